The molecular weight excluding hydrogens is 432 g/mol. The number of carbonyl (C=O) groups excluding carboxylic acids is 2. The summed E-state index contributed by atoms with van der Waals surface area (Å²) in [5.41, 5.74) is 2.14. The van der Waals surface area contributed by atoms with Crippen LogP contribution in [0.4, 0.5) is 0 Å². The monoisotopic (exact) mass is 460 g/mol. The molecule has 2 amide bonds. The van der Waals surface area contributed by atoms with Gasteiger partial charge in [0.05, 0.1) is 4.47 Å². The zero-order valence-corrected chi connectivity index (χ0v) is 19.0. The number of hydrogen-bond donors (Lipinski definition) is 1. The molecule has 0 aliphatic heterocycles. The van der Waals surface area contributed by atoms with Gasteiger partial charge in [-0.3, -0.25) is 9.59 Å². The number of hydrogen-bond acceptors (Lipinski definition) is 3. The second-order valence-corrected chi connectivity index (χ2v) is 8.11. The largest absolute Gasteiger partial charge is 0.483 e. The van der Waals surface area contributed by atoms with Crippen LogP contribution in [0.3, 0.4) is 0 Å². The maximum atomic E-state index is 13.0. The van der Waals surface area contributed by atoms with Crippen molar-refractivity contribution >= 4 is 27.7 Å². The van der Waals surface area contributed by atoms with Crippen LogP contribution in [0.15, 0.2) is 53.0 Å². The van der Waals surface area contributed by atoms with Crippen LogP contribution in [0.25, 0.3) is 0 Å². The normalized spacial score (nSPS) is 11.8. The summed E-state index contributed by atoms with van der Waals surface area (Å²) in [7, 11) is 0. The third kappa shape index (κ3) is 6.89. The summed E-state index contributed by atoms with van der Waals surface area (Å²) in [6, 6.07) is 14.8. The second kappa shape index (κ2) is 11.0. The van der Waals surface area contributed by atoms with E-state index in [4.69, 9.17) is 4.74 Å². The molecule has 0 aliphatic rings. The standard InChI is InChI=1S/C23H29BrN2O3/c1-5-18-11-12-21(20(24)13-18)29-15-22(27)26(14-19-9-7-6-8-10-19)17(4)23(28)25-16(2)3/h6-13,16-17H,5,14-15H2,1-4H3,(H,25,28)/t17-/m1/s1. The fourth-order valence-corrected chi connectivity index (χ4v) is 3.41. The van der Waals surface area contributed by atoms with Crippen LogP contribution in [0.5, 0.6) is 5.75 Å². The molecule has 5 nitrogen and oxygen atoms in total. The van der Waals surface area contributed by atoms with E-state index in [2.05, 4.69) is 28.2 Å². The average Bonchev–Trinajstić information content (AvgIpc) is 2.70. The molecule has 6 heteroatoms. The summed E-state index contributed by atoms with van der Waals surface area (Å²) >= 11 is 3.49. The Kier molecular flexibility index (Phi) is 8.70. The second-order valence-electron chi connectivity index (χ2n) is 7.25. The predicted octanol–water partition coefficient (Wildman–Crippen LogP) is 4.33. The highest BCUT2D eigenvalue weighted by molar-refractivity contribution is 9.10. The van der Waals surface area contributed by atoms with Crippen molar-refractivity contribution in [1.29, 1.82) is 0 Å². The van der Waals surface area contributed by atoms with Crippen LogP contribution < -0.4 is 10.1 Å². The Hall–Kier alpha value is -2.34. The van der Waals surface area contributed by atoms with E-state index in [1.807, 2.05) is 62.4 Å². The number of halogens is 1. The maximum Gasteiger partial charge on any atom is 0.261 e. The van der Waals surface area contributed by atoms with Gasteiger partial charge in [0.1, 0.15) is 11.8 Å². The zero-order valence-electron chi connectivity index (χ0n) is 17.4. The number of ether oxygens (including phenoxy) is 1. The van der Waals surface area contributed by atoms with Gasteiger partial charge in [0.25, 0.3) is 5.91 Å². The molecule has 0 bridgehead atoms. The predicted molar refractivity (Wildman–Crippen MR) is 119 cm³/mol. The Morgan fingerprint density at radius 1 is 1.07 bits per heavy atom. The lowest BCUT2D eigenvalue weighted by Gasteiger charge is -2.29. The van der Waals surface area contributed by atoms with Crippen LogP contribution in [0, 0.1) is 0 Å². The molecule has 0 aliphatic carbocycles. The molecule has 0 saturated heterocycles. The Balaban J connectivity index is 2.14. The molecule has 0 saturated carbocycles. The SMILES string of the molecule is CCc1ccc(OCC(=O)N(Cc2ccccc2)[C@H](C)C(=O)NC(C)C)c(Br)c1. The van der Waals surface area contributed by atoms with Gasteiger partial charge >= 0.3 is 0 Å². The minimum absolute atomic E-state index is 0.00270. The topological polar surface area (TPSA) is 58.6 Å². The molecule has 1 N–H and O–H groups in total. The van der Waals surface area contributed by atoms with Crippen molar-refractivity contribution in [3.05, 3.63) is 64.1 Å². The first-order chi connectivity index (χ1) is 13.8. The lowest BCUT2D eigenvalue weighted by atomic mass is 10.1. The average molecular weight is 461 g/mol. The maximum absolute atomic E-state index is 13.0. The number of amides is 2. The van der Waals surface area contributed by atoms with Gasteiger partial charge in [-0.1, -0.05) is 43.3 Å². The Morgan fingerprint density at radius 3 is 2.34 bits per heavy atom. The Labute approximate surface area is 181 Å². The zero-order chi connectivity index (χ0) is 21.4. The molecule has 2 aromatic rings. The Bertz CT molecular complexity index is 824. The van der Waals surface area contributed by atoms with Crippen LogP contribution in [-0.2, 0) is 22.6 Å². The van der Waals surface area contributed by atoms with Gasteiger partial charge in [-0.25, -0.2) is 0 Å². The summed E-state index contributed by atoms with van der Waals surface area (Å²) in [5, 5.41) is 2.88. The number of aryl methyl sites for hydroxylation is 1. The van der Waals surface area contributed by atoms with E-state index in [0.29, 0.717) is 12.3 Å². The highest BCUT2D eigenvalue weighted by Gasteiger charge is 2.27. The third-order valence-electron chi connectivity index (χ3n) is 4.55. The van der Waals surface area contributed by atoms with Crippen molar-refractivity contribution in [3.8, 4) is 5.75 Å². The molecule has 0 unspecified atom stereocenters. The van der Waals surface area contributed by atoms with Crippen molar-refractivity contribution in [2.24, 2.45) is 0 Å². The van der Waals surface area contributed by atoms with Crippen molar-refractivity contribution in [2.75, 3.05) is 6.61 Å². The summed E-state index contributed by atoms with van der Waals surface area (Å²) in [4.78, 5) is 27.1. The molecule has 29 heavy (non-hydrogen) atoms. The summed E-state index contributed by atoms with van der Waals surface area (Å²) < 4.78 is 6.57. The van der Waals surface area contributed by atoms with Gasteiger partial charge in [0, 0.05) is 12.6 Å². The third-order valence-corrected chi connectivity index (χ3v) is 5.17. The first kappa shape index (κ1) is 22.9. The van der Waals surface area contributed by atoms with Gasteiger partial charge in [-0.2, -0.15) is 0 Å². The number of carbonyl (C=O) groups is 2. The number of nitrogens with zero attached hydrogens (tertiary/aromatic N) is 1. The molecule has 2 aromatic carbocycles. The van der Waals surface area contributed by atoms with E-state index in [0.717, 1.165) is 16.5 Å². The van der Waals surface area contributed by atoms with E-state index in [9.17, 15) is 9.59 Å². The molecule has 0 aromatic heterocycles. The highest BCUT2D eigenvalue weighted by Crippen LogP contribution is 2.26. The summed E-state index contributed by atoms with van der Waals surface area (Å²) in [6.07, 6.45) is 0.922. The molecule has 0 heterocycles. The molecule has 1 atom stereocenters. The highest BCUT2D eigenvalue weighted by atomic mass is 79.9. The lowest BCUT2D eigenvalue weighted by molar-refractivity contribution is -0.142. The molecule has 0 spiro atoms. The fraction of sp³-hybridized carbons (Fsp3) is 0.391. The smallest absolute Gasteiger partial charge is 0.261 e. The van der Waals surface area contributed by atoms with E-state index in [1.165, 1.54) is 5.56 Å². The summed E-state index contributed by atoms with van der Waals surface area (Å²) in [5.74, 6) is 0.180. The van der Waals surface area contributed by atoms with Gasteiger partial charge in [0.15, 0.2) is 6.61 Å². The van der Waals surface area contributed by atoms with Crippen LogP contribution in [-0.4, -0.2) is 35.4 Å². The molecule has 0 fully saturated rings. The van der Waals surface area contributed by atoms with Gasteiger partial charge in [0.2, 0.25) is 5.91 Å². The summed E-state index contributed by atoms with van der Waals surface area (Å²) in [6.45, 7) is 7.81. The van der Waals surface area contributed by atoms with Gasteiger partial charge in [-0.15, -0.1) is 0 Å². The van der Waals surface area contributed by atoms with Gasteiger partial charge < -0.3 is 15.0 Å². The van der Waals surface area contributed by atoms with Crippen LogP contribution in [0.2, 0.25) is 0 Å². The minimum atomic E-state index is -0.611. The molecule has 156 valence electrons. The number of rotatable bonds is 9. The van der Waals surface area contributed by atoms with Crippen molar-refractivity contribution in [1.82, 2.24) is 10.2 Å². The van der Waals surface area contributed by atoms with Crippen molar-refractivity contribution in [2.45, 2.75) is 52.7 Å². The molecule has 2 rings (SSSR count). The van der Waals surface area contributed by atoms with Crippen LogP contribution >= 0.6 is 15.9 Å². The van der Waals surface area contributed by atoms with Crippen molar-refractivity contribution in [3.63, 3.8) is 0 Å². The quantitative estimate of drug-likeness (QED) is 0.605. The van der Waals surface area contributed by atoms with E-state index in [1.54, 1.807) is 11.8 Å². The Morgan fingerprint density at radius 2 is 1.76 bits per heavy atom. The van der Waals surface area contributed by atoms with E-state index >= 15 is 0 Å². The molecule has 0 radical (unpaired) electrons. The number of nitrogens with one attached hydrogen (secondary N) is 1. The fourth-order valence-electron chi connectivity index (χ4n) is 2.87. The number of benzene rings is 2. The first-order valence-electron chi connectivity index (χ1n) is 9.86. The van der Waals surface area contributed by atoms with Crippen molar-refractivity contribution < 1.29 is 14.3 Å². The van der Waals surface area contributed by atoms with E-state index in [-0.39, 0.29) is 24.5 Å². The molecular formula is C23H29BrN2O3. The lowest BCUT2D eigenvalue weighted by Crippen LogP contribution is -2.50. The minimum Gasteiger partial charge on any atom is -0.483 e. The van der Waals surface area contributed by atoms with Crippen LogP contribution in [0.1, 0.15) is 38.8 Å². The first-order valence-corrected chi connectivity index (χ1v) is 10.7. The van der Waals surface area contributed by atoms with E-state index < -0.39 is 6.04 Å². The van der Waals surface area contributed by atoms with Gasteiger partial charge in [-0.05, 0) is 66.4 Å².